The van der Waals surface area contributed by atoms with Crippen LogP contribution in [0.2, 0.25) is 5.02 Å². The standard InChI is InChI=1S/C23H26ClN3O/c1-14(2)17(5)25-23(28)22-13-20(18-8-6-7-9-19(18)24)26-27(22)21-12-15(3)10-11-16(21)4/h6-14,17H,1-5H3,(H,25,28)/t17-/m0/s1. The molecule has 0 fully saturated rings. The third kappa shape index (κ3) is 4.12. The van der Waals surface area contributed by atoms with E-state index in [4.69, 9.17) is 16.7 Å². The molecule has 1 aromatic heterocycles. The van der Waals surface area contributed by atoms with Crippen LogP contribution < -0.4 is 5.32 Å². The van der Waals surface area contributed by atoms with Crippen molar-refractivity contribution in [1.29, 1.82) is 0 Å². The van der Waals surface area contributed by atoms with E-state index in [1.54, 1.807) is 4.68 Å². The van der Waals surface area contributed by atoms with Gasteiger partial charge in [-0.1, -0.05) is 55.8 Å². The Morgan fingerprint density at radius 3 is 2.46 bits per heavy atom. The van der Waals surface area contributed by atoms with Gasteiger partial charge >= 0.3 is 0 Å². The Morgan fingerprint density at radius 2 is 1.79 bits per heavy atom. The van der Waals surface area contributed by atoms with E-state index >= 15 is 0 Å². The van der Waals surface area contributed by atoms with E-state index in [9.17, 15) is 4.79 Å². The molecule has 0 aliphatic carbocycles. The van der Waals surface area contributed by atoms with Crippen molar-refractivity contribution in [3.05, 3.63) is 70.4 Å². The molecule has 1 amide bonds. The monoisotopic (exact) mass is 395 g/mol. The third-order valence-electron chi connectivity index (χ3n) is 5.04. The lowest BCUT2D eigenvalue weighted by atomic mass is 10.1. The molecule has 0 spiro atoms. The zero-order valence-corrected chi connectivity index (χ0v) is 17.7. The van der Waals surface area contributed by atoms with E-state index in [1.807, 2.05) is 63.2 Å². The molecule has 0 unspecified atom stereocenters. The zero-order chi connectivity index (χ0) is 20.4. The Labute approximate surface area is 171 Å². The number of amides is 1. The summed E-state index contributed by atoms with van der Waals surface area (Å²) in [5.74, 6) is 0.192. The van der Waals surface area contributed by atoms with Crippen LogP contribution in [0.15, 0.2) is 48.5 Å². The van der Waals surface area contributed by atoms with E-state index in [2.05, 4.69) is 25.2 Å². The van der Waals surface area contributed by atoms with E-state index in [0.29, 0.717) is 22.3 Å². The van der Waals surface area contributed by atoms with Gasteiger partial charge in [0.25, 0.3) is 5.91 Å². The lowest BCUT2D eigenvalue weighted by Crippen LogP contribution is -2.37. The number of rotatable bonds is 5. The van der Waals surface area contributed by atoms with Crippen LogP contribution in [-0.2, 0) is 0 Å². The van der Waals surface area contributed by atoms with E-state index < -0.39 is 0 Å². The number of nitrogens with zero attached hydrogens (tertiary/aromatic N) is 2. The van der Waals surface area contributed by atoms with Gasteiger partial charge in [0.15, 0.2) is 0 Å². The molecule has 1 heterocycles. The molecule has 4 nitrogen and oxygen atoms in total. The van der Waals surface area contributed by atoms with Crippen LogP contribution in [0.25, 0.3) is 16.9 Å². The summed E-state index contributed by atoms with van der Waals surface area (Å²) in [6.45, 7) is 10.2. The normalized spacial score (nSPS) is 12.2. The number of hydrogen-bond acceptors (Lipinski definition) is 2. The molecule has 1 N–H and O–H groups in total. The molecule has 0 radical (unpaired) electrons. The van der Waals surface area contributed by atoms with Gasteiger partial charge < -0.3 is 5.32 Å². The number of benzene rings is 2. The highest BCUT2D eigenvalue weighted by Crippen LogP contribution is 2.29. The van der Waals surface area contributed by atoms with E-state index in [-0.39, 0.29) is 11.9 Å². The first-order chi connectivity index (χ1) is 13.3. The number of carbonyl (C=O) groups excluding carboxylic acids is 1. The van der Waals surface area contributed by atoms with E-state index in [1.165, 1.54) is 0 Å². The molecule has 2 aromatic carbocycles. The van der Waals surface area contributed by atoms with Crippen molar-refractivity contribution >= 4 is 17.5 Å². The minimum absolute atomic E-state index is 0.0539. The summed E-state index contributed by atoms with van der Waals surface area (Å²) in [6, 6.07) is 15.5. The molecule has 3 aromatic rings. The fourth-order valence-electron chi connectivity index (χ4n) is 2.92. The SMILES string of the molecule is Cc1ccc(C)c(-n2nc(-c3ccccc3Cl)cc2C(=O)N[C@@H](C)C(C)C)c1. The number of carbonyl (C=O) groups is 1. The maximum Gasteiger partial charge on any atom is 0.270 e. The van der Waals surface area contributed by atoms with Gasteiger partial charge in [0.1, 0.15) is 5.69 Å². The number of nitrogens with one attached hydrogen (secondary N) is 1. The summed E-state index contributed by atoms with van der Waals surface area (Å²) in [5, 5.41) is 8.45. The molecule has 0 bridgehead atoms. The number of halogens is 1. The molecular formula is C23H26ClN3O. The summed E-state index contributed by atoms with van der Waals surface area (Å²) in [5.41, 5.74) is 5.02. The van der Waals surface area contributed by atoms with Gasteiger partial charge in [0, 0.05) is 11.6 Å². The van der Waals surface area contributed by atoms with Crippen LogP contribution in [0.1, 0.15) is 42.4 Å². The summed E-state index contributed by atoms with van der Waals surface area (Å²) in [4.78, 5) is 13.1. The molecule has 28 heavy (non-hydrogen) atoms. The molecule has 5 heteroatoms. The van der Waals surface area contributed by atoms with Gasteiger partial charge in [-0.25, -0.2) is 4.68 Å². The first-order valence-electron chi connectivity index (χ1n) is 9.51. The minimum Gasteiger partial charge on any atom is -0.348 e. The van der Waals surface area contributed by atoms with Crippen molar-refractivity contribution in [2.75, 3.05) is 0 Å². The Bertz CT molecular complexity index is 1010. The molecule has 0 aliphatic heterocycles. The summed E-state index contributed by atoms with van der Waals surface area (Å²) in [6.07, 6.45) is 0. The predicted octanol–water partition coefficient (Wildman–Crippen LogP) is 5.58. The first-order valence-corrected chi connectivity index (χ1v) is 9.89. The van der Waals surface area contributed by atoms with Gasteiger partial charge in [-0.15, -0.1) is 0 Å². The Morgan fingerprint density at radius 1 is 1.07 bits per heavy atom. The van der Waals surface area contributed by atoms with Crippen LogP contribution in [0.3, 0.4) is 0 Å². The number of hydrogen-bond donors (Lipinski definition) is 1. The second kappa shape index (κ2) is 8.19. The van der Waals surface area contributed by atoms with Crippen LogP contribution in [-0.4, -0.2) is 21.7 Å². The number of aromatic nitrogens is 2. The van der Waals surface area contributed by atoms with Crippen molar-refractivity contribution in [2.24, 2.45) is 5.92 Å². The molecule has 0 aliphatic rings. The maximum atomic E-state index is 13.1. The lowest BCUT2D eigenvalue weighted by molar-refractivity contribution is 0.0922. The van der Waals surface area contributed by atoms with Crippen LogP contribution in [0.5, 0.6) is 0 Å². The zero-order valence-electron chi connectivity index (χ0n) is 17.0. The summed E-state index contributed by atoms with van der Waals surface area (Å²) in [7, 11) is 0. The van der Waals surface area contributed by atoms with Crippen molar-refractivity contribution in [1.82, 2.24) is 15.1 Å². The van der Waals surface area contributed by atoms with Gasteiger partial charge in [0.2, 0.25) is 0 Å². The van der Waals surface area contributed by atoms with Gasteiger partial charge in [0.05, 0.1) is 16.4 Å². The second-order valence-electron chi connectivity index (χ2n) is 7.60. The molecular weight excluding hydrogens is 370 g/mol. The van der Waals surface area contributed by atoms with Crippen LogP contribution >= 0.6 is 11.6 Å². The molecule has 3 rings (SSSR count). The average molecular weight is 396 g/mol. The minimum atomic E-state index is -0.145. The lowest BCUT2D eigenvalue weighted by Gasteiger charge is -2.18. The highest BCUT2D eigenvalue weighted by Gasteiger charge is 2.21. The van der Waals surface area contributed by atoms with Crippen molar-refractivity contribution in [2.45, 2.75) is 40.7 Å². The smallest absolute Gasteiger partial charge is 0.270 e. The topological polar surface area (TPSA) is 46.9 Å². The highest BCUT2D eigenvalue weighted by molar-refractivity contribution is 6.33. The van der Waals surface area contributed by atoms with Crippen LogP contribution in [0, 0.1) is 19.8 Å². The quantitative estimate of drug-likeness (QED) is 0.612. The Hall–Kier alpha value is -2.59. The maximum absolute atomic E-state index is 13.1. The summed E-state index contributed by atoms with van der Waals surface area (Å²) >= 11 is 6.38. The van der Waals surface area contributed by atoms with Gasteiger partial charge in [-0.05, 0) is 56.0 Å². The summed E-state index contributed by atoms with van der Waals surface area (Å²) < 4.78 is 1.73. The van der Waals surface area contributed by atoms with Gasteiger partial charge in [-0.2, -0.15) is 5.10 Å². The third-order valence-corrected chi connectivity index (χ3v) is 5.37. The van der Waals surface area contributed by atoms with Crippen molar-refractivity contribution in [3.63, 3.8) is 0 Å². The predicted molar refractivity (Wildman–Crippen MR) is 115 cm³/mol. The Balaban J connectivity index is 2.15. The van der Waals surface area contributed by atoms with Crippen molar-refractivity contribution < 1.29 is 4.79 Å². The highest BCUT2D eigenvalue weighted by atomic mass is 35.5. The molecule has 146 valence electrons. The van der Waals surface area contributed by atoms with Crippen LogP contribution in [0.4, 0.5) is 0 Å². The Kier molecular flexibility index (Phi) is 5.90. The first kappa shape index (κ1) is 20.2. The largest absolute Gasteiger partial charge is 0.348 e. The average Bonchev–Trinajstić information content (AvgIpc) is 3.09. The molecule has 1 atom stereocenters. The van der Waals surface area contributed by atoms with E-state index in [0.717, 1.165) is 22.4 Å². The fraction of sp³-hybridized carbons (Fsp3) is 0.304. The molecule has 0 saturated carbocycles. The van der Waals surface area contributed by atoms with Crippen molar-refractivity contribution in [3.8, 4) is 16.9 Å². The number of aryl methyl sites for hydroxylation is 2. The fourth-order valence-corrected chi connectivity index (χ4v) is 3.15. The second-order valence-corrected chi connectivity index (χ2v) is 8.01. The molecule has 0 saturated heterocycles. The van der Waals surface area contributed by atoms with Gasteiger partial charge in [-0.3, -0.25) is 4.79 Å².